The zero-order valence-corrected chi connectivity index (χ0v) is 10.2. The van der Waals surface area contributed by atoms with E-state index in [-0.39, 0.29) is 0 Å². The fraction of sp³-hybridized carbons (Fsp3) is 0. The van der Waals surface area contributed by atoms with Crippen LogP contribution in [0.2, 0.25) is 0 Å². The van der Waals surface area contributed by atoms with E-state index in [4.69, 9.17) is 11.8 Å². The maximum Gasteiger partial charge on any atom is 0.123 e. The van der Waals surface area contributed by atoms with Gasteiger partial charge in [0.25, 0.3) is 0 Å². The van der Waals surface area contributed by atoms with Crippen LogP contribution in [0.3, 0.4) is 0 Å². The Morgan fingerprint density at radius 3 is 1.20 bits per heavy atom. The molecule has 0 atom stereocenters. The zero-order chi connectivity index (χ0) is 4.50. The van der Waals surface area contributed by atoms with Crippen molar-refractivity contribution in [2.24, 2.45) is 0 Å². The second-order valence-corrected chi connectivity index (χ2v) is 38.4. The van der Waals surface area contributed by atoms with Gasteiger partial charge in [-0.1, -0.05) is 11.8 Å². The minimum Gasteiger partial charge on any atom is -0.0640 e. The molecule has 0 aliphatic heterocycles. The Morgan fingerprint density at radius 2 is 1.20 bits per heavy atom. The molecular formula is I3PS. The smallest absolute Gasteiger partial charge is 0.0640 e. The Kier molecular flexibility index (Phi) is 4.68. The van der Waals surface area contributed by atoms with E-state index in [0.717, 1.165) is 0 Å². The summed E-state index contributed by atoms with van der Waals surface area (Å²) in [4.78, 5) is 0. The summed E-state index contributed by atoms with van der Waals surface area (Å²) in [6, 6.07) is 0. The maximum absolute atomic E-state index is 4.90. The van der Waals surface area contributed by atoms with Crippen LogP contribution in [0.15, 0.2) is 0 Å². The van der Waals surface area contributed by atoms with Crippen molar-refractivity contribution >= 4 is 76.9 Å². The Morgan fingerprint density at radius 1 is 1.20 bits per heavy atom. The van der Waals surface area contributed by atoms with Crippen LogP contribution in [-0.2, 0) is 11.8 Å². The van der Waals surface area contributed by atoms with Gasteiger partial charge in [0.1, 0.15) is -1.03 Å². The van der Waals surface area contributed by atoms with E-state index in [1.54, 1.807) is 0 Å². The lowest BCUT2D eigenvalue weighted by atomic mass is 30.6. The molecule has 0 spiro atoms. The predicted octanol–water partition coefficient (Wildman–Crippen LogP) is 3.52. The van der Waals surface area contributed by atoms with Crippen molar-refractivity contribution in [3.05, 3.63) is 0 Å². The Labute approximate surface area is 75.3 Å². The number of halogens is 3. The van der Waals surface area contributed by atoms with E-state index in [1.807, 2.05) is 0 Å². The molecular weight excluding hydrogens is 444 g/mol. The molecule has 0 aliphatic carbocycles. The summed E-state index contributed by atoms with van der Waals surface area (Å²) in [5, 5.41) is 0. The molecule has 5 heavy (non-hydrogen) atoms. The molecule has 0 N–H and O–H groups in total. The van der Waals surface area contributed by atoms with Crippen LogP contribution in [-0.4, -0.2) is 0 Å². The lowest BCUT2D eigenvalue weighted by molar-refractivity contribution is 6.13. The van der Waals surface area contributed by atoms with Crippen molar-refractivity contribution in [1.29, 1.82) is 0 Å². The highest BCUT2D eigenvalue weighted by Crippen LogP contribution is 2.70. The molecule has 0 aromatic rings. The topological polar surface area (TPSA) is 0 Å². The molecule has 32 valence electrons. The first-order valence-electron chi connectivity index (χ1n) is 0.690. The summed E-state index contributed by atoms with van der Waals surface area (Å²) in [7, 11) is 0. The molecule has 5 heteroatoms. The van der Waals surface area contributed by atoms with Crippen molar-refractivity contribution < 1.29 is 0 Å². The first kappa shape index (κ1) is 7.84. The summed E-state index contributed by atoms with van der Waals surface area (Å²) in [6.07, 6.45) is 0. The van der Waals surface area contributed by atoms with Crippen LogP contribution in [0.5, 0.6) is 0 Å². The predicted molar refractivity (Wildman–Crippen MR) is 56.3 cm³/mol. The largest absolute Gasteiger partial charge is 0.123 e. The highest BCUT2D eigenvalue weighted by molar-refractivity contribution is 14.4. The Balaban J connectivity index is 3.47. The standard InChI is InChI=1S/I3PS/c1-4(2,3)5. The third-order valence-electron chi connectivity index (χ3n) is 0. The first-order chi connectivity index (χ1) is 2.00. The maximum atomic E-state index is 4.90. The van der Waals surface area contributed by atoms with Crippen LogP contribution in [0.25, 0.3) is 0 Å². The van der Waals surface area contributed by atoms with Crippen molar-refractivity contribution in [2.75, 3.05) is 0 Å². The quantitative estimate of drug-likeness (QED) is 0.408. The van der Waals surface area contributed by atoms with Crippen LogP contribution in [0.4, 0.5) is 0 Å². The van der Waals surface area contributed by atoms with Gasteiger partial charge in [0, 0.05) is 0 Å². The highest BCUT2D eigenvalue weighted by Gasteiger charge is 1.92. The van der Waals surface area contributed by atoms with Crippen LogP contribution in [0, 0.1) is 0 Å². The molecule has 0 nitrogen and oxygen atoms in total. The summed E-state index contributed by atoms with van der Waals surface area (Å²) in [5.41, 5.74) is 0. The molecule has 0 saturated carbocycles. The van der Waals surface area contributed by atoms with Crippen molar-refractivity contribution in [3.8, 4) is 0 Å². The van der Waals surface area contributed by atoms with Gasteiger partial charge in [-0.05, 0) is 66.1 Å². The average Bonchev–Trinajstić information content (AvgIpc) is 0.722. The minimum atomic E-state index is -0.896. The van der Waals surface area contributed by atoms with Crippen LogP contribution < -0.4 is 0 Å². The normalized spacial score (nSPS) is 11.8. The Hall–Kier alpha value is 2.84. The Bertz CT molecular complexity index is 53.0. The second kappa shape index (κ2) is 2.99. The van der Waals surface area contributed by atoms with Gasteiger partial charge < -0.3 is 0 Å². The molecule has 0 rings (SSSR count). The molecule has 0 heterocycles. The fourth-order valence-electron chi connectivity index (χ4n) is 0. The van der Waals surface area contributed by atoms with E-state index in [9.17, 15) is 0 Å². The van der Waals surface area contributed by atoms with Gasteiger partial charge in [0.15, 0.2) is 0 Å². The molecule has 0 fully saturated rings. The molecule has 0 bridgehead atoms. The zero-order valence-electron chi connectivity index (χ0n) is 1.99. The first-order valence-corrected chi connectivity index (χ1v) is 11.8. The van der Waals surface area contributed by atoms with E-state index in [0.29, 0.717) is 0 Å². The summed E-state index contributed by atoms with van der Waals surface area (Å²) < 4.78 is -0.896. The lowest BCUT2D eigenvalue weighted by Crippen LogP contribution is -1.10. The summed E-state index contributed by atoms with van der Waals surface area (Å²) in [6.45, 7) is 0. The van der Waals surface area contributed by atoms with E-state index in [1.165, 1.54) is 0 Å². The van der Waals surface area contributed by atoms with E-state index >= 15 is 0 Å². The van der Waals surface area contributed by atoms with Crippen molar-refractivity contribution in [2.45, 2.75) is 0 Å². The third kappa shape index (κ3) is 19.9. The average molecular weight is 444 g/mol. The van der Waals surface area contributed by atoms with Crippen molar-refractivity contribution in [3.63, 3.8) is 0 Å². The molecule has 0 amide bonds. The molecule has 0 radical (unpaired) electrons. The molecule has 0 aromatic carbocycles. The van der Waals surface area contributed by atoms with Gasteiger partial charge in [-0.15, -0.1) is 0 Å². The van der Waals surface area contributed by atoms with Gasteiger partial charge in [-0.2, -0.15) is 0 Å². The minimum absolute atomic E-state index is 0.896. The van der Waals surface area contributed by atoms with Gasteiger partial charge >= 0.3 is 0 Å². The number of hydrogen-bond acceptors (Lipinski definition) is 1. The SMILES string of the molecule is S=P(I)(I)I. The summed E-state index contributed by atoms with van der Waals surface area (Å²) in [5.74, 6) is 0. The fourth-order valence-corrected chi connectivity index (χ4v) is 0. The second-order valence-electron chi connectivity index (χ2n) is 0.399. The van der Waals surface area contributed by atoms with Gasteiger partial charge in [-0.3, -0.25) is 0 Å². The summed E-state index contributed by atoms with van der Waals surface area (Å²) >= 11 is 11.7. The van der Waals surface area contributed by atoms with Gasteiger partial charge in [-0.25, -0.2) is 0 Å². The van der Waals surface area contributed by atoms with E-state index < -0.39 is -1.03 Å². The molecule has 0 saturated heterocycles. The number of rotatable bonds is 0. The highest BCUT2D eigenvalue weighted by atomic mass is 127. The van der Waals surface area contributed by atoms with Gasteiger partial charge in [0.2, 0.25) is 0 Å². The molecule has 0 aromatic heterocycles. The molecule has 0 unspecified atom stereocenters. The molecule has 0 aliphatic rings. The lowest BCUT2D eigenvalue weighted by Gasteiger charge is -1.82. The number of hydrogen-bond donors (Lipinski definition) is 0. The van der Waals surface area contributed by atoms with Crippen molar-refractivity contribution in [1.82, 2.24) is 0 Å². The van der Waals surface area contributed by atoms with E-state index in [2.05, 4.69) is 66.1 Å². The third-order valence-corrected chi connectivity index (χ3v) is 0. The van der Waals surface area contributed by atoms with Crippen LogP contribution >= 0.6 is 65.1 Å². The van der Waals surface area contributed by atoms with Crippen LogP contribution in [0.1, 0.15) is 0 Å². The monoisotopic (exact) mass is 444 g/mol. The van der Waals surface area contributed by atoms with Gasteiger partial charge in [0.05, 0.1) is 0 Å².